The number of nitro groups is 1. The lowest BCUT2D eigenvalue weighted by Gasteiger charge is -1.95. The van der Waals surface area contributed by atoms with Crippen LogP contribution in [0.1, 0.15) is 5.56 Å². The number of hydrogen-bond donors (Lipinski definition) is 1. The Bertz CT molecular complexity index is 240. The van der Waals surface area contributed by atoms with Crippen LogP contribution in [-0.2, 0) is 6.54 Å². The maximum atomic E-state index is 9.87. The molecule has 0 radical (unpaired) electrons. The molecule has 0 saturated carbocycles. The van der Waals surface area contributed by atoms with Crippen molar-refractivity contribution in [1.29, 1.82) is 0 Å². The Labute approximate surface area is 80.5 Å². The predicted octanol–water partition coefficient (Wildman–Crippen LogP) is 1.55. The maximum absolute atomic E-state index is 9.87. The third kappa shape index (κ3) is 3.92. The van der Waals surface area contributed by atoms with Gasteiger partial charge in [-0.05, 0) is 5.56 Å². The molecular weight excluding hydrogens is 224 g/mol. The fourth-order valence-electron chi connectivity index (χ4n) is 0.752. The molecule has 1 N–H and O–H groups in total. The third-order valence-electron chi connectivity index (χ3n) is 1.26. The van der Waals surface area contributed by atoms with E-state index >= 15 is 0 Å². The van der Waals surface area contributed by atoms with Crippen molar-refractivity contribution >= 4 is 17.0 Å². The van der Waals surface area contributed by atoms with Crippen LogP contribution < -0.4 is 5.43 Å². The molecule has 1 aromatic rings. The summed E-state index contributed by atoms with van der Waals surface area (Å²) in [7, 11) is 0. The molecule has 5 heteroatoms. The number of hydrogen-bond acceptors (Lipinski definition) is 2. The van der Waals surface area contributed by atoms with Gasteiger partial charge in [0.2, 0.25) is 0 Å². The molecule has 0 amide bonds. The molecule has 1 rings (SSSR count). The highest BCUT2D eigenvalue weighted by Gasteiger charge is 1.94. The quantitative estimate of drug-likeness (QED) is 0.636. The summed E-state index contributed by atoms with van der Waals surface area (Å²) in [5, 5.41) is 9.32. The van der Waals surface area contributed by atoms with Gasteiger partial charge in [0.1, 0.15) is 6.54 Å². The smallest absolute Gasteiger partial charge is 0.157 e. The number of halogens is 1. The molecule has 0 aliphatic rings. The number of nitrogens with one attached hydrogen (secondary N) is 1. The van der Waals surface area contributed by atoms with Crippen molar-refractivity contribution < 1.29 is 5.03 Å². The van der Waals surface area contributed by atoms with Crippen molar-refractivity contribution in [2.75, 3.05) is 0 Å². The van der Waals surface area contributed by atoms with Gasteiger partial charge in [-0.15, -0.1) is 22.4 Å². The van der Waals surface area contributed by atoms with Crippen molar-refractivity contribution in [3.05, 3.63) is 46.0 Å². The molecule has 0 heterocycles. The van der Waals surface area contributed by atoms with Gasteiger partial charge >= 0.3 is 0 Å². The number of rotatable bonds is 3. The molecule has 0 fully saturated rings. The Hall–Kier alpha value is -1.10. The normalized spacial score (nSPS) is 8.33. The fraction of sp³-hybridized carbons (Fsp3) is 0.143. The molecule has 1 aromatic carbocycles. The van der Waals surface area contributed by atoms with Crippen molar-refractivity contribution in [3.63, 3.8) is 0 Å². The van der Waals surface area contributed by atoms with E-state index in [2.05, 4.69) is 5.43 Å². The second kappa shape index (κ2) is 5.54. The fourth-order valence-corrected chi connectivity index (χ4v) is 0.752. The van der Waals surface area contributed by atoms with Gasteiger partial charge in [0.05, 0.1) is 0 Å². The lowest BCUT2D eigenvalue weighted by atomic mass is 10.2. The maximum Gasteiger partial charge on any atom is 0.157 e. The van der Waals surface area contributed by atoms with Gasteiger partial charge in [-0.25, -0.2) is 10.1 Å². The minimum Gasteiger partial charge on any atom is -0.235 e. The average molecular weight is 233 g/mol. The number of hydrazine groups is 1. The standard InChI is InChI=1S/C7H8N2O2.BrH/c10-9(11)8-6-7-4-2-1-3-5-7;/h1-5,8H,6H2;1H. The van der Waals surface area contributed by atoms with E-state index in [0.717, 1.165) is 5.56 Å². The van der Waals surface area contributed by atoms with Gasteiger partial charge < -0.3 is 0 Å². The van der Waals surface area contributed by atoms with E-state index in [9.17, 15) is 10.1 Å². The van der Waals surface area contributed by atoms with Crippen molar-refractivity contribution in [2.45, 2.75) is 6.54 Å². The van der Waals surface area contributed by atoms with Crippen LogP contribution in [0.15, 0.2) is 30.3 Å². The zero-order chi connectivity index (χ0) is 8.10. The van der Waals surface area contributed by atoms with Crippen LogP contribution in [0.3, 0.4) is 0 Å². The van der Waals surface area contributed by atoms with Crippen molar-refractivity contribution in [2.24, 2.45) is 0 Å². The van der Waals surface area contributed by atoms with E-state index in [4.69, 9.17) is 0 Å². The van der Waals surface area contributed by atoms with Crippen LogP contribution in [0.2, 0.25) is 0 Å². The lowest BCUT2D eigenvalue weighted by Crippen LogP contribution is -2.20. The Balaban J connectivity index is 0.00000121. The van der Waals surface area contributed by atoms with E-state index in [-0.39, 0.29) is 23.5 Å². The zero-order valence-electron chi connectivity index (χ0n) is 6.27. The topological polar surface area (TPSA) is 55.2 Å². The molecule has 0 aromatic heterocycles. The molecule has 12 heavy (non-hydrogen) atoms. The minimum atomic E-state index is -0.549. The number of benzene rings is 1. The second-order valence-electron chi connectivity index (χ2n) is 2.08. The zero-order valence-corrected chi connectivity index (χ0v) is 7.98. The van der Waals surface area contributed by atoms with Gasteiger partial charge in [-0.3, -0.25) is 0 Å². The predicted molar refractivity (Wildman–Crippen MR) is 50.6 cm³/mol. The molecule has 0 bridgehead atoms. The summed E-state index contributed by atoms with van der Waals surface area (Å²) in [6.07, 6.45) is 0. The highest BCUT2D eigenvalue weighted by atomic mass is 79.9. The summed E-state index contributed by atoms with van der Waals surface area (Å²) in [4.78, 5) is 9.87. The van der Waals surface area contributed by atoms with Gasteiger partial charge in [-0.2, -0.15) is 0 Å². The summed E-state index contributed by atoms with van der Waals surface area (Å²) >= 11 is 0. The van der Waals surface area contributed by atoms with Gasteiger partial charge in [0.25, 0.3) is 0 Å². The first-order chi connectivity index (χ1) is 5.29. The van der Waals surface area contributed by atoms with Gasteiger partial charge in [0, 0.05) is 0 Å². The molecule has 0 aliphatic carbocycles. The highest BCUT2D eigenvalue weighted by Crippen LogP contribution is 1.96. The minimum absolute atomic E-state index is 0. The molecule has 0 spiro atoms. The third-order valence-corrected chi connectivity index (χ3v) is 1.26. The molecular formula is C7H9BrN2O2. The molecule has 66 valence electrons. The Morgan fingerprint density at radius 2 is 1.92 bits per heavy atom. The van der Waals surface area contributed by atoms with E-state index in [1.165, 1.54) is 0 Å². The van der Waals surface area contributed by atoms with Crippen LogP contribution in [0.4, 0.5) is 0 Å². The van der Waals surface area contributed by atoms with Crippen LogP contribution in [0.5, 0.6) is 0 Å². The van der Waals surface area contributed by atoms with Crippen LogP contribution in [-0.4, -0.2) is 5.03 Å². The summed E-state index contributed by atoms with van der Waals surface area (Å²) < 4.78 is 0. The molecule has 0 aliphatic heterocycles. The summed E-state index contributed by atoms with van der Waals surface area (Å²) in [6, 6.07) is 9.22. The van der Waals surface area contributed by atoms with Crippen molar-refractivity contribution in [1.82, 2.24) is 5.43 Å². The largest absolute Gasteiger partial charge is 0.235 e. The first kappa shape index (κ1) is 10.9. The first-order valence-corrected chi connectivity index (χ1v) is 3.21. The highest BCUT2D eigenvalue weighted by molar-refractivity contribution is 8.93. The van der Waals surface area contributed by atoms with Gasteiger partial charge in [-0.1, -0.05) is 30.3 Å². The summed E-state index contributed by atoms with van der Waals surface area (Å²) in [5.41, 5.74) is 2.99. The molecule has 0 unspecified atom stereocenters. The lowest BCUT2D eigenvalue weighted by molar-refractivity contribution is -0.546. The van der Waals surface area contributed by atoms with Crippen molar-refractivity contribution in [3.8, 4) is 0 Å². The average Bonchev–Trinajstić information content (AvgIpc) is 2.03. The van der Waals surface area contributed by atoms with Crippen LogP contribution in [0.25, 0.3) is 0 Å². The van der Waals surface area contributed by atoms with Crippen LogP contribution in [0, 0.1) is 10.1 Å². The SMILES string of the molecule is Br.O=[N+]([O-])NCc1ccccc1. The Kier molecular flexibility index (Phi) is 5.03. The second-order valence-corrected chi connectivity index (χ2v) is 2.08. The monoisotopic (exact) mass is 232 g/mol. The number of nitrogens with zero attached hydrogens (tertiary/aromatic N) is 1. The molecule has 0 atom stereocenters. The first-order valence-electron chi connectivity index (χ1n) is 3.21. The summed E-state index contributed by atoms with van der Waals surface area (Å²) in [5.74, 6) is 0. The molecule has 0 saturated heterocycles. The molecule has 4 nitrogen and oxygen atoms in total. The summed E-state index contributed by atoms with van der Waals surface area (Å²) in [6.45, 7) is 0.272. The Morgan fingerprint density at radius 1 is 1.33 bits per heavy atom. The van der Waals surface area contributed by atoms with E-state index in [1.54, 1.807) is 0 Å². The van der Waals surface area contributed by atoms with Crippen LogP contribution >= 0.6 is 17.0 Å². The van der Waals surface area contributed by atoms with E-state index < -0.39 is 5.03 Å². The van der Waals surface area contributed by atoms with Gasteiger partial charge in [0.15, 0.2) is 5.03 Å². The van der Waals surface area contributed by atoms with E-state index in [1.807, 2.05) is 30.3 Å². The Morgan fingerprint density at radius 3 is 2.42 bits per heavy atom. The van der Waals surface area contributed by atoms with E-state index in [0.29, 0.717) is 0 Å².